The van der Waals surface area contributed by atoms with Crippen molar-refractivity contribution in [3.05, 3.63) is 69.5 Å². The van der Waals surface area contributed by atoms with E-state index < -0.39 is 0 Å². The number of hydrogen-bond donors (Lipinski definition) is 1. The highest BCUT2D eigenvalue weighted by molar-refractivity contribution is 6.42. The summed E-state index contributed by atoms with van der Waals surface area (Å²) < 4.78 is 5.57. The Balaban J connectivity index is 1.67. The van der Waals surface area contributed by atoms with Gasteiger partial charge in [-0.25, -0.2) is 0 Å². The third kappa shape index (κ3) is 3.75. The molecule has 122 valence electrons. The lowest BCUT2D eigenvalue weighted by Gasteiger charge is -2.03. The minimum atomic E-state index is -0.302. The van der Waals surface area contributed by atoms with Crippen LogP contribution in [-0.2, 0) is 6.54 Å². The van der Waals surface area contributed by atoms with Crippen molar-refractivity contribution in [3.63, 3.8) is 0 Å². The number of halogens is 2. The Morgan fingerprint density at radius 3 is 2.71 bits per heavy atom. The van der Waals surface area contributed by atoms with Gasteiger partial charge in [0.1, 0.15) is 0 Å². The summed E-state index contributed by atoms with van der Waals surface area (Å²) in [4.78, 5) is 12.1. The summed E-state index contributed by atoms with van der Waals surface area (Å²) in [5, 5.41) is 11.4. The molecule has 0 radical (unpaired) electrons. The van der Waals surface area contributed by atoms with Crippen LogP contribution in [0, 0.1) is 6.92 Å². The largest absolute Gasteiger partial charge is 0.419 e. The zero-order valence-corrected chi connectivity index (χ0v) is 14.2. The molecule has 0 saturated heterocycles. The van der Waals surface area contributed by atoms with Gasteiger partial charge < -0.3 is 9.73 Å². The number of amides is 1. The molecule has 5 nitrogen and oxygen atoms in total. The van der Waals surface area contributed by atoms with Crippen molar-refractivity contribution in [2.45, 2.75) is 13.5 Å². The predicted octanol–water partition coefficient (Wildman–Crippen LogP) is 4.28. The molecule has 0 aliphatic rings. The summed E-state index contributed by atoms with van der Waals surface area (Å²) in [5.74, 6) is 0.432. The number of carbonyl (C=O) groups excluding carboxylic acids is 1. The highest BCUT2D eigenvalue weighted by Gasteiger charge is 2.12. The van der Waals surface area contributed by atoms with E-state index in [-0.39, 0.29) is 12.5 Å². The Hall–Kier alpha value is -2.37. The fraction of sp³-hybridized carbons (Fsp3) is 0.118. The molecule has 2 aromatic carbocycles. The summed E-state index contributed by atoms with van der Waals surface area (Å²) in [6.45, 7) is 2.11. The van der Waals surface area contributed by atoms with Crippen LogP contribution in [0.3, 0.4) is 0 Å². The van der Waals surface area contributed by atoms with Crippen molar-refractivity contribution >= 4 is 29.1 Å². The molecular formula is C17H13Cl2N3O2. The van der Waals surface area contributed by atoms with Gasteiger partial charge in [-0.3, -0.25) is 4.79 Å². The van der Waals surface area contributed by atoms with Crippen molar-refractivity contribution in [2.24, 2.45) is 0 Å². The third-order valence-electron chi connectivity index (χ3n) is 3.31. The van der Waals surface area contributed by atoms with Gasteiger partial charge in [0, 0.05) is 11.1 Å². The van der Waals surface area contributed by atoms with Gasteiger partial charge in [0.2, 0.25) is 11.8 Å². The summed E-state index contributed by atoms with van der Waals surface area (Å²) in [5.41, 5.74) is 2.34. The van der Waals surface area contributed by atoms with Crippen molar-refractivity contribution < 1.29 is 9.21 Å². The standard InChI is InChI=1S/C17H13Cl2N3O2/c1-10-3-2-4-12(7-10)17-22-21-15(24-17)9-20-16(23)11-5-6-13(18)14(19)8-11/h2-8H,9H2,1H3,(H,20,23). The van der Waals surface area contributed by atoms with Gasteiger partial charge in [-0.15, -0.1) is 10.2 Å². The van der Waals surface area contributed by atoms with Gasteiger partial charge in [-0.1, -0.05) is 40.9 Å². The molecular weight excluding hydrogens is 349 g/mol. The fourth-order valence-corrected chi connectivity index (χ4v) is 2.41. The number of nitrogens with zero attached hydrogens (tertiary/aromatic N) is 2. The van der Waals surface area contributed by atoms with Crippen LogP contribution >= 0.6 is 23.2 Å². The van der Waals surface area contributed by atoms with Crippen LogP contribution in [0.15, 0.2) is 46.9 Å². The maximum absolute atomic E-state index is 12.1. The maximum Gasteiger partial charge on any atom is 0.251 e. The second-order valence-electron chi connectivity index (χ2n) is 5.18. The Morgan fingerprint density at radius 1 is 1.12 bits per heavy atom. The van der Waals surface area contributed by atoms with Crippen LogP contribution in [0.1, 0.15) is 21.8 Å². The Labute approximate surface area is 148 Å². The molecule has 1 N–H and O–H groups in total. The third-order valence-corrected chi connectivity index (χ3v) is 4.05. The highest BCUT2D eigenvalue weighted by Crippen LogP contribution is 2.22. The van der Waals surface area contributed by atoms with Gasteiger partial charge in [-0.05, 0) is 37.3 Å². The van der Waals surface area contributed by atoms with Crippen LogP contribution < -0.4 is 5.32 Å². The molecule has 0 fully saturated rings. The van der Waals surface area contributed by atoms with Gasteiger partial charge in [0.05, 0.1) is 16.6 Å². The monoisotopic (exact) mass is 361 g/mol. The van der Waals surface area contributed by atoms with Gasteiger partial charge in [-0.2, -0.15) is 0 Å². The fourth-order valence-electron chi connectivity index (χ4n) is 2.12. The zero-order chi connectivity index (χ0) is 17.1. The summed E-state index contributed by atoms with van der Waals surface area (Å²) >= 11 is 11.7. The second-order valence-corrected chi connectivity index (χ2v) is 6.00. The molecule has 7 heteroatoms. The van der Waals surface area contributed by atoms with Crippen molar-refractivity contribution in [3.8, 4) is 11.5 Å². The van der Waals surface area contributed by atoms with Crippen LogP contribution in [-0.4, -0.2) is 16.1 Å². The van der Waals surface area contributed by atoms with E-state index in [1.807, 2.05) is 31.2 Å². The first-order valence-electron chi connectivity index (χ1n) is 7.15. The molecule has 1 amide bonds. The molecule has 3 aromatic rings. The van der Waals surface area contributed by atoms with E-state index in [1.165, 1.54) is 6.07 Å². The molecule has 0 aliphatic heterocycles. The molecule has 0 saturated carbocycles. The quantitative estimate of drug-likeness (QED) is 0.752. The minimum absolute atomic E-state index is 0.123. The van der Waals surface area contributed by atoms with E-state index in [1.54, 1.807) is 12.1 Å². The van der Waals surface area contributed by atoms with Crippen molar-refractivity contribution in [1.82, 2.24) is 15.5 Å². The van der Waals surface area contributed by atoms with E-state index in [9.17, 15) is 4.79 Å². The molecule has 3 rings (SSSR count). The normalized spacial score (nSPS) is 10.6. The second kappa shape index (κ2) is 7.03. The molecule has 0 spiro atoms. The van der Waals surface area contributed by atoms with E-state index >= 15 is 0 Å². The van der Waals surface area contributed by atoms with Crippen LogP contribution in [0.5, 0.6) is 0 Å². The van der Waals surface area contributed by atoms with E-state index in [0.717, 1.165) is 11.1 Å². The number of benzene rings is 2. The van der Waals surface area contributed by atoms with E-state index in [2.05, 4.69) is 15.5 Å². The van der Waals surface area contributed by atoms with E-state index in [0.29, 0.717) is 27.4 Å². The number of rotatable bonds is 4. The first-order valence-corrected chi connectivity index (χ1v) is 7.91. The number of nitrogens with one attached hydrogen (secondary N) is 1. The lowest BCUT2D eigenvalue weighted by Crippen LogP contribution is -2.22. The average Bonchev–Trinajstić information content (AvgIpc) is 3.04. The van der Waals surface area contributed by atoms with Crippen LogP contribution in [0.25, 0.3) is 11.5 Å². The SMILES string of the molecule is Cc1cccc(-c2nnc(CNC(=O)c3ccc(Cl)c(Cl)c3)o2)c1. The topological polar surface area (TPSA) is 68.0 Å². The smallest absolute Gasteiger partial charge is 0.251 e. The van der Waals surface area contributed by atoms with Crippen molar-refractivity contribution in [2.75, 3.05) is 0 Å². The summed E-state index contributed by atoms with van der Waals surface area (Å²) in [7, 11) is 0. The Morgan fingerprint density at radius 2 is 1.96 bits per heavy atom. The molecule has 0 atom stereocenters. The summed E-state index contributed by atoms with van der Waals surface area (Å²) in [6, 6.07) is 12.4. The highest BCUT2D eigenvalue weighted by atomic mass is 35.5. The number of carbonyl (C=O) groups is 1. The lowest BCUT2D eigenvalue weighted by molar-refractivity contribution is 0.0947. The first-order chi connectivity index (χ1) is 11.5. The molecule has 24 heavy (non-hydrogen) atoms. The van der Waals surface area contributed by atoms with E-state index in [4.69, 9.17) is 27.6 Å². The van der Waals surface area contributed by atoms with Gasteiger partial charge >= 0.3 is 0 Å². The molecule has 0 unspecified atom stereocenters. The number of hydrogen-bond acceptors (Lipinski definition) is 4. The molecule has 0 aliphatic carbocycles. The molecule has 1 heterocycles. The van der Waals surface area contributed by atoms with Gasteiger partial charge in [0.25, 0.3) is 5.91 Å². The van der Waals surface area contributed by atoms with Gasteiger partial charge in [0.15, 0.2) is 0 Å². The van der Waals surface area contributed by atoms with Crippen LogP contribution in [0.4, 0.5) is 0 Å². The molecule has 1 aromatic heterocycles. The average molecular weight is 362 g/mol. The number of aryl methyl sites for hydroxylation is 1. The molecule has 0 bridgehead atoms. The summed E-state index contributed by atoms with van der Waals surface area (Å²) in [6.07, 6.45) is 0. The lowest BCUT2D eigenvalue weighted by atomic mass is 10.1. The Bertz CT molecular complexity index is 893. The minimum Gasteiger partial charge on any atom is -0.419 e. The number of aromatic nitrogens is 2. The first kappa shape index (κ1) is 16.5. The van der Waals surface area contributed by atoms with Crippen molar-refractivity contribution in [1.29, 1.82) is 0 Å². The van der Waals surface area contributed by atoms with Crippen LogP contribution in [0.2, 0.25) is 10.0 Å². The predicted molar refractivity (Wildman–Crippen MR) is 92.1 cm³/mol. The maximum atomic E-state index is 12.1. The zero-order valence-electron chi connectivity index (χ0n) is 12.7. The Kier molecular flexibility index (Phi) is 4.83.